The minimum atomic E-state index is -3.99. The Kier molecular flexibility index (Phi) is 10.7. The number of nitrogens with zero attached hydrogens (tertiary/aromatic N) is 2. The first-order valence-corrected chi connectivity index (χ1v) is 14.9. The van der Waals surface area contributed by atoms with Crippen molar-refractivity contribution in [3.63, 3.8) is 0 Å². The van der Waals surface area contributed by atoms with Crippen molar-refractivity contribution in [3.8, 4) is 0 Å². The number of carbonyl (C=O) groups is 2. The quantitative estimate of drug-likeness (QED) is 0.318. The molecule has 3 rings (SSSR count). The Hall–Kier alpha value is -3.14. The topological polar surface area (TPSA) is 86.8 Å². The zero-order chi connectivity index (χ0) is 28.6. The predicted molar refractivity (Wildman–Crippen MR) is 153 cm³/mol. The van der Waals surface area contributed by atoms with E-state index in [4.69, 9.17) is 23.2 Å². The normalized spacial score (nSPS) is 12.0. The Morgan fingerprint density at radius 2 is 1.67 bits per heavy atom. The molecule has 0 aliphatic heterocycles. The van der Waals surface area contributed by atoms with Crippen molar-refractivity contribution in [2.75, 3.05) is 23.7 Å². The van der Waals surface area contributed by atoms with Crippen molar-refractivity contribution >= 4 is 50.7 Å². The summed E-state index contributed by atoms with van der Waals surface area (Å²) in [5, 5.41) is 3.03. The van der Waals surface area contributed by atoms with Crippen LogP contribution >= 0.6 is 23.2 Å². The van der Waals surface area contributed by atoms with E-state index in [0.717, 1.165) is 28.3 Å². The van der Waals surface area contributed by atoms with Gasteiger partial charge in [-0.2, -0.15) is 0 Å². The van der Waals surface area contributed by atoms with E-state index in [1.807, 2.05) is 37.3 Å². The largest absolute Gasteiger partial charge is 0.354 e. The van der Waals surface area contributed by atoms with Crippen LogP contribution < -0.4 is 9.62 Å². The zero-order valence-corrected chi connectivity index (χ0v) is 23.9. The Morgan fingerprint density at radius 3 is 2.28 bits per heavy atom. The van der Waals surface area contributed by atoms with Crippen molar-refractivity contribution in [2.24, 2.45) is 0 Å². The molecule has 0 aliphatic rings. The summed E-state index contributed by atoms with van der Waals surface area (Å²) in [5.41, 5.74) is 1.51. The van der Waals surface area contributed by atoms with Crippen LogP contribution in [0.15, 0.2) is 72.8 Å². The fraction of sp³-hybridized carbons (Fsp3) is 0.286. The van der Waals surface area contributed by atoms with E-state index in [-0.39, 0.29) is 29.6 Å². The van der Waals surface area contributed by atoms with Gasteiger partial charge in [0.05, 0.1) is 17.0 Å². The van der Waals surface area contributed by atoms with Crippen molar-refractivity contribution in [3.05, 3.63) is 99.8 Å². The van der Waals surface area contributed by atoms with Crippen LogP contribution in [-0.4, -0.2) is 50.5 Å². The number of hydrogen-bond acceptors (Lipinski definition) is 4. The molecule has 0 fully saturated rings. The van der Waals surface area contributed by atoms with Gasteiger partial charge in [-0.05, 0) is 47.9 Å². The van der Waals surface area contributed by atoms with Crippen LogP contribution in [0, 0.1) is 5.82 Å². The molecule has 0 saturated carbocycles. The van der Waals surface area contributed by atoms with Gasteiger partial charge in [0.1, 0.15) is 18.4 Å². The highest BCUT2D eigenvalue weighted by atomic mass is 35.5. The maximum atomic E-state index is 13.9. The molecule has 3 aromatic carbocycles. The van der Waals surface area contributed by atoms with Gasteiger partial charge in [-0.25, -0.2) is 12.8 Å². The van der Waals surface area contributed by atoms with E-state index in [2.05, 4.69) is 5.32 Å². The van der Waals surface area contributed by atoms with Crippen molar-refractivity contribution in [1.82, 2.24) is 10.2 Å². The first-order valence-electron chi connectivity index (χ1n) is 12.3. The number of halogens is 3. The Balaban J connectivity index is 2.05. The maximum Gasteiger partial charge on any atom is 0.244 e. The average molecular weight is 595 g/mol. The molecular formula is C28H30Cl2FN3O4S. The SMILES string of the molecule is CCCNC(=O)C(Cc1ccccc1)N(Cc1cccc(Cl)c1)C(=O)CN(c1ccc(F)c(Cl)c1)S(C)(=O)=O. The van der Waals surface area contributed by atoms with Crippen LogP contribution in [0.3, 0.4) is 0 Å². The monoisotopic (exact) mass is 593 g/mol. The predicted octanol–water partition coefficient (Wildman–Crippen LogP) is 5.06. The summed E-state index contributed by atoms with van der Waals surface area (Å²) in [6.07, 6.45) is 1.83. The van der Waals surface area contributed by atoms with Crippen LogP contribution in [0.1, 0.15) is 24.5 Å². The highest BCUT2D eigenvalue weighted by Gasteiger charge is 2.33. The molecule has 1 N–H and O–H groups in total. The summed E-state index contributed by atoms with van der Waals surface area (Å²) in [6.45, 7) is 1.69. The van der Waals surface area contributed by atoms with E-state index in [9.17, 15) is 22.4 Å². The van der Waals surface area contributed by atoms with Crippen LogP contribution in [0.5, 0.6) is 0 Å². The molecule has 39 heavy (non-hydrogen) atoms. The first-order chi connectivity index (χ1) is 18.5. The number of carbonyl (C=O) groups excluding carboxylic acids is 2. The lowest BCUT2D eigenvalue weighted by Gasteiger charge is -2.33. The van der Waals surface area contributed by atoms with Gasteiger partial charge in [-0.1, -0.05) is 72.6 Å². The summed E-state index contributed by atoms with van der Waals surface area (Å²) in [4.78, 5) is 28.7. The lowest BCUT2D eigenvalue weighted by atomic mass is 10.0. The summed E-state index contributed by atoms with van der Waals surface area (Å²) in [6, 6.07) is 18.5. The molecule has 1 atom stereocenters. The Bertz CT molecular complexity index is 1410. The van der Waals surface area contributed by atoms with Crippen LogP contribution in [0.25, 0.3) is 0 Å². The molecule has 0 radical (unpaired) electrons. The molecule has 0 spiro atoms. The van der Waals surface area contributed by atoms with Gasteiger partial charge < -0.3 is 10.2 Å². The summed E-state index contributed by atoms with van der Waals surface area (Å²) >= 11 is 12.1. The average Bonchev–Trinajstić information content (AvgIpc) is 2.89. The second kappa shape index (κ2) is 13.8. The third-order valence-corrected chi connectivity index (χ3v) is 7.60. The van der Waals surface area contributed by atoms with E-state index < -0.39 is 34.3 Å². The van der Waals surface area contributed by atoms with Crippen molar-refractivity contribution in [2.45, 2.75) is 32.4 Å². The molecule has 0 saturated heterocycles. The number of amides is 2. The summed E-state index contributed by atoms with van der Waals surface area (Å²) in [7, 11) is -3.99. The molecule has 3 aromatic rings. The zero-order valence-electron chi connectivity index (χ0n) is 21.6. The lowest BCUT2D eigenvalue weighted by Crippen LogP contribution is -2.53. The number of hydrogen-bond donors (Lipinski definition) is 1. The molecule has 11 heteroatoms. The summed E-state index contributed by atoms with van der Waals surface area (Å²) < 4.78 is 40.1. The van der Waals surface area contributed by atoms with Crippen LogP contribution in [0.2, 0.25) is 10.0 Å². The van der Waals surface area contributed by atoms with Gasteiger partial charge in [0, 0.05) is 24.5 Å². The fourth-order valence-electron chi connectivity index (χ4n) is 4.01. The number of benzene rings is 3. The van der Waals surface area contributed by atoms with Crippen molar-refractivity contribution < 1.29 is 22.4 Å². The standard InChI is InChI=1S/C28H30Cl2FN3O4S/c1-3-14-32-28(36)26(16-20-8-5-4-6-9-20)33(18-21-10-7-11-22(29)15-21)27(35)19-34(39(2,37)38)23-12-13-25(31)24(30)17-23/h4-13,15,17,26H,3,14,16,18-19H2,1-2H3,(H,32,36). The van der Waals surface area contributed by atoms with Crippen molar-refractivity contribution in [1.29, 1.82) is 0 Å². The van der Waals surface area contributed by atoms with Crippen LogP contribution in [-0.2, 0) is 32.6 Å². The van der Waals surface area contributed by atoms with Gasteiger partial charge in [-0.15, -0.1) is 0 Å². The molecule has 0 aromatic heterocycles. The van der Waals surface area contributed by atoms with Crippen LogP contribution in [0.4, 0.5) is 10.1 Å². The number of anilines is 1. The van der Waals surface area contributed by atoms with Gasteiger partial charge >= 0.3 is 0 Å². The van der Waals surface area contributed by atoms with E-state index in [0.29, 0.717) is 23.6 Å². The van der Waals surface area contributed by atoms with Gasteiger partial charge in [-0.3, -0.25) is 13.9 Å². The molecule has 7 nitrogen and oxygen atoms in total. The Labute approximate surface area is 238 Å². The summed E-state index contributed by atoms with van der Waals surface area (Å²) in [5.74, 6) is -1.72. The third-order valence-electron chi connectivity index (χ3n) is 5.93. The number of nitrogens with one attached hydrogen (secondary N) is 1. The molecule has 208 valence electrons. The Morgan fingerprint density at radius 1 is 0.974 bits per heavy atom. The second-order valence-corrected chi connectivity index (χ2v) is 11.8. The molecule has 1 unspecified atom stereocenters. The number of rotatable bonds is 12. The highest BCUT2D eigenvalue weighted by Crippen LogP contribution is 2.25. The lowest BCUT2D eigenvalue weighted by molar-refractivity contribution is -0.140. The fourth-order valence-corrected chi connectivity index (χ4v) is 5.23. The molecule has 2 amide bonds. The number of sulfonamides is 1. The van der Waals surface area contributed by atoms with E-state index >= 15 is 0 Å². The second-order valence-electron chi connectivity index (χ2n) is 9.02. The third kappa shape index (κ3) is 8.68. The molecule has 0 aliphatic carbocycles. The highest BCUT2D eigenvalue weighted by molar-refractivity contribution is 7.92. The minimum absolute atomic E-state index is 0.00177. The smallest absolute Gasteiger partial charge is 0.244 e. The first kappa shape index (κ1) is 30.4. The maximum absolute atomic E-state index is 13.9. The van der Waals surface area contributed by atoms with E-state index in [1.165, 1.54) is 11.0 Å². The minimum Gasteiger partial charge on any atom is -0.354 e. The van der Waals surface area contributed by atoms with Gasteiger partial charge in [0.15, 0.2) is 0 Å². The van der Waals surface area contributed by atoms with E-state index in [1.54, 1.807) is 24.3 Å². The molecular weight excluding hydrogens is 564 g/mol. The molecule has 0 bridgehead atoms. The van der Waals surface area contributed by atoms with Gasteiger partial charge in [0.25, 0.3) is 0 Å². The molecule has 0 heterocycles. The van der Waals surface area contributed by atoms with Gasteiger partial charge in [0.2, 0.25) is 21.8 Å².